The predicted molar refractivity (Wildman–Crippen MR) is 110 cm³/mol. The van der Waals surface area contributed by atoms with Crippen molar-refractivity contribution < 1.29 is 22.2 Å². The predicted octanol–water partition coefficient (Wildman–Crippen LogP) is 3.15. The summed E-state index contributed by atoms with van der Waals surface area (Å²) in [7, 11) is -1.41. The Balaban J connectivity index is 0.00000166. The van der Waals surface area contributed by atoms with Gasteiger partial charge in [0.05, 0.1) is 12.1 Å². The number of piperidine rings is 1. The highest BCUT2D eigenvalue weighted by molar-refractivity contribution is 7.82. The molecule has 2 aromatic heterocycles. The van der Waals surface area contributed by atoms with Crippen molar-refractivity contribution in [1.82, 2.24) is 24.1 Å². The second-order valence-corrected chi connectivity index (χ2v) is 8.31. The van der Waals surface area contributed by atoms with Crippen LogP contribution in [0.4, 0.5) is 19.1 Å². The fourth-order valence-corrected chi connectivity index (χ4v) is 4.06. The third kappa shape index (κ3) is 7.10. The number of halogens is 3. The van der Waals surface area contributed by atoms with Crippen LogP contribution in [0.25, 0.3) is 0 Å². The fraction of sp³-hybridized carbons (Fsp3) is 0.579. The first-order valence-corrected chi connectivity index (χ1v) is 11.2. The maximum Gasteiger partial charge on any atom is 0.419 e. The first-order chi connectivity index (χ1) is 14.8. The molecule has 1 aliphatic heterocycles. The molecule has 0 spiro atoms. The molecule has 2 atom stereocenters. The smallest absolute Gasteiger partial charge is 0.351 e. The van der Waals surface area contributed by atoms with E-state index in [2.05, 4.69) is 20.4 Å². The summed E-state index contributed by atoms with van der Waals surface area (Å²) in [5.74, 6) is -0.0361. The quantitative estimate of drug-likeness (QED) is 0.638. The summed E-state index contributed by atoms with van der Waals surface area (Å²) in [4.78, 5) is 18.2. The van der Waals surface area contributed by atoms with Gasteiger partial charge in [0.1, 0.15) is 17.3 Å². The third-order valence-electron chi connectivity index (χ3n) is 4.50. The van der Waals surface area contributed by atoms with Crippen LogP contribution in [0.5, 0.6) is 0 Å². The van der Waals surface area contributed by atoms with E-state index in [1.165, 1.54) is 0 Å². The minimum atomic E-state index is -4.47. The Morgan fingerprint density at radius 2 is 1.87 bits per heavy atom. The van der Waals surface area contributed by atoms with Gasteiger partial charge in [0.15, 0.2) is 5.03 Å². The summed E-state index contributed by atoms with van der Waals surface area (Å²) in [6.45, 7) is 7.27. The highest BCUT2D eigenvalue weighted by atomic mass is 32.2. The van der Waals surface area contributed by atoms with Crippen molar-refractivity contribution in [2.45, 2.75) is 57.4 Å². The van der Waals surface area contributed by atoms with E-state index in [0.717, 1.165) is 18.7 Å². The van der Waals surface area contributed by atoms with Gasteiger partial charge in [-0.3, -0.25) is 4.68 Å². The molecule has 0 saturated carbocycles. The third-order valence-corrected chi connectivity index (χ3v) is 5.91. The molecule has 1 N–H and O–H groups in total. The number of nitrogens with zero attached hydrogens (tertiary/aromatic N) is 5. The van der Waals surface area contributed by atoms with Crippen LogP contribution in [0.1, 0.15) is 39.2 Å². The highest BCUT2D eigenvalue weighted by Crippen LogP contribution is 2.28. The first kappa shape index (κ1) is 24.9. The second-order valence-electron chi connectivity index (χ2n) is 6.88. The van der Waals surface area contributed by atoms with Gasteiger partial charge >= 0.3 is 6.18 Å². The number of alkyl halides is 3. The molecule has 31 heavy (non-hydrogen) atoms. The van der Waals surface area contributed by atoms with Crippen molar-refractivity contribution in [2.24, 2.45) is 5.92 Å². The zero-order valence-electron chi connectivity index (χ0n) is 17.7. The van der Waals surface area contributed by atoms with E-state index < -0.39 is 22.7 Å². The van der Waals surface area contributed by atoms with Gasteiger partial charge in [0.25, 0.3) is 0 Å². The van der Waals surface area contributed by atoms with Crippen molar-refractivity contribution in [3.8, 4) is 0 Å². The number of carbonyl (C=O) groups excluding carboxylic acids is 1. The van der Waals surface area contributed by atoms with Crippen LogP contribution < -0.4 is 5.32 Å². The highest BCUT2D eigenvalue weighted by Gasteiger charge is 2.31. The van der Waals surface area contributed by atoms with E-state index in [9.17, 15) is 22.2 Å². The lowest BCUT2D eigenvalue weighted by Crippen LogP contribution is -2.40. The molecule has 172 valence electrons. The molecule has 12 heteroatoms. The van der Waals surface area contributed by atoms with E-state index in [-0.39, 0.29) is 17.9 Å². The molecule has 1 fully saturated rings. The standard InChI is InChI=1S/C17H21F3N6O2S.C2H6/c1-12(11-27)10-25-5-4-15(24-25)29(28)26-6-2-14(3-7-26)23-16-21-8-13(9-22-16)17(18,19)20;1-2/h4-5,8-9,11-12,14H,2-3,6-7,10H2,1H3,(H,21,22,23);1-2H3. The van der Waals surface area contributed by atoms with Crippen molar-refractivity contribution in [3.63, 3.8) is 0 Å². The average molecular weight is 461 g/mol. The molecule has 0 aromatic carbocycles. The Bertz CT molecular complexity index is 851. The summed E-state index contributed by atoms with van der Waals surface area (Å²) >= 11 is 0. The van der Waals surface area contributed by atoms with Crippen LogP contribution in [-0.2, 0) is 28.5 Å². The van der Waals surface area contributed by atoms with Crippen LogP contribution in [0.15, 0.2) is 29.7 Å². The van der Waals surface area contributed by atoms with Gasteiger partial charge in [-0.25, -0.2) is 18.5 Å². The second kappa shape index (κ2) is 11.3. The largest absolute Gasteiger partial charge is 0.419 e. The number of anilines is 1. The van der Waals surface area contributed by atoms with Crippen LogP contribution in [0, 0.1) is 5.92 Å². The molecule has 0 aliphatic carbocycles. The molecule has 0 bridgehead atoms. The number of hydrogen-bond acceptors (Lipinski definition) is 6. The van der Waals surface area contributed by atoms with E-state index in [0.29, 0.717) is 37.5 Å². The van der Waals surface area contributed by atoms with Gasteiger partial charge in [-0.15, -0.1) is 0 Å². The Hall–Kier alpha value is -2.34. The molecule has 3 rings (SSSR count). The summed E-state index contributed by atoms with van der Waals surface area (Å²) in [5.41, 5.74) is -0.893. The van der Waals surface area contributed by atoms with Crippen molar-refractivity contribution >= 4 is 23.2 Å². The number of hydrogen-bond donors (Lipinski definition) is 1. The number of rotatable bonds is 7. The molecule has 0 radical (unpaired) electrons. The Labute approximate surface area is 181 Å². The topological polar surface area (TPSA) is 93.0 Å². The maximum absolute atomic E-state index is 12.7. The zero-order chi connectivity index (χ0) is 23.0. The summed E-state index contributed by atoms with van der Waals surface area (Å²) in [6, 6.07) is 1.65. The zero-order valence-corrected chi connectivity index (χ0v) is 18.5. The van der Waals surface area contributed by atoms with E-state index in [1.54, 1.807) is 28.2 Å². The van der Waals surface area contributed by atoms with Crippen molar-refractivity contribution in [2.75, 3.05) is 18.4 Å². The SMILES string of the molecule is CC.CC(C=O)Cn1ccc(S(=O)N2CCC(Nc3ncc(C(F)(F)F)cn3)CC2)n1. The fourth-order valence-electron chi connectivity index (χ4n) is 2.91. The lowest BCUT2D eigenvalue weighted by molar-refractivity contribution is -0.138. The Kier molecular flexibility index (Phi) is 9.11. The van der Waals surface area contributed by atoms with Gasteiger partial charge < -0.3 is 10.1 Å². The molecule has 2 unspecified atom stereocenters. The summed E-state index contributed by atoms with van der Waals surface area (Å²) in [5, 5.41) is 7.73. The molecule has 8 nitrogen and oxygen atoms in total. The minimum absolute atomic E-state index is 0.0222. The summed E-state index contributed by atoms with van der Waals surface area (Å²) < 4.78 is 53.8. The van der Waals surface area contributed by atoms with Crippen LogP contribution >= 0.6 is 0 Å². The number of aromatic nitrogens is 4. The maximum atomic E-state index is 12.7. The van der Waals surface area contributed by atoms with Gasteiger partial charge in [-0.1, -0.05) is 20.8 Å². The molecule has 3 heterocycles. The molecular weight excluding hydrogens is 433 g/mol. The van der Waals surface area contributed by atoms with Crippen LogP contribution in [-0.4, -0.2) is 53.7 Å². The molecule has 0 amide bonds. The molecule has 2 aromatic rings. The molecular formula is C19H27F3N6O2S. The van der Waals surface area contributed by atoms with Crippen molar-refractivity contribution in [1.29, 1.82) is 0 Å². The number of aldehydes is 1. The monoisotopic (exact) mass is 460 g/mol. The molecule has 1 aliphatic rings. The first-order valence-electron chi connectivity index (χ1n) is 10.1. The lowest BCUT2D eigenvalue weighted by Gasteiger charge is -2.30. The van der Waals surface area contributed by atoms with Gasteiger partial charge in [-0.05, 0) is 18.9 Å². The average Bonchev–Trinajstić information content (AvgIpc) is 3.23. The Morgan fingerprint density at radius 1 is 1.26 bits per heavy atom. The molecule has 1 saturated heterocycles. The van der Waals surface area contributed by atoms with E-state index in [1.807, 2.05) is 13.8 Å². The van der Waals surface area contributed by atoms with Crippen LogP contribution in [0.2, 0.25) is 0 Å². The summed E-state index contributed by atoms with van der Waals surface area (Å²) in [6.07, 6.45) is 0.854. The van der Waals surface area contributed by atoms with Gasteiger partial charge in [0, 0.05) is 43.6 Å². The minimum Gasteiger partial charge on any atom is -0.351 e. The van der Waals surface area contributed by atoms with Gasteiger partial charge in [0.2, 0.25) is 5.95 Å². The lowest BCUT2D eigenvalue weighted by atomic mass is 10.1. The van der Waals surface area contributed by atoms with Gasteiger partial charge in [-0.2, -0.15) is 18.3 Å². The van der Waals surface area contributed by atoms with E-state index in [4.69, 9.17) is 0 Å². The normalized spacial score (nSPS) is 17.4. The number of carbonyl (C=O) groups is 1. The Morgan fingerprint density at radius 3 is 2.42 bits per heavy atom. The number of nitrogens with one attached hydrogen (secondary N) is 1. The van der Waals surface area contributed by atoms with Crippen molar-refractivity contribution in [3.05, 3.63) is 30.2 Å². The van der Waals surface area contributed by atoms with E-state index >= 15 is 0 Å². The van der Waals surface area contributed by atoms with Crippen LogP contribution in [0.3, 0.4) is 0 Å².